The number of H-pyrrole nitrogens is 1. The van der Waals surface area contributed by atoms with Crippen molar-refractivity contribution >= 4 is 5.97 Å². The number of nitrogens with zero attached hydrogens (tertiary/aromatic N) is 1. The van der Waals surface area contributed by atoms with Crippen molar-refractivity contribution in [3.8, 4) is 0 Å². The van der Waals surface area contributed by atoms with Crippen LogP contribution in [0.15, 0.2) is 104 Å². The molecule has 1 aromatic heterocycles. The first kappa shape index (κ1) is 18.7. The third-order valence-electron chi connectivity index (χ3n) is 5.37. The Hall–Kier alpha value is -3.66. The number of rotatable bonds is 6. The molecule has 4 heteroatoms. The van der Waals surface area contributed by atoms with Gasteiger partial charge in [-0.05, 0) is 16.7 Å². The zero-order chi connectivity index (χ0) is 20.1. The summed E-state index contributed by atoms with van der Waals surface area (Å²) in [4.78, 5) is 20.8. The molecule has 1 heterocycles. The van der Waals surface area contributed by atoms with Crippen molar-refractivity contribution < 1.29 is 9.53 Å². The summed E-state index contributed by atoms with van der Waals surface area (Å²) in [7, 11) is 1.42. The van der Waals surface area contributed by atoms with Crippen LogP contribution >= 0.6 is 0 Å². The second kappa shape index (κ2) is 8.15. The van der Waals surface area contributed by atoms with Gasteiger partial charge in [0.1, 0.15) is 5.92 Å². The van der Waals surface area contributed by atoms with Crippen molar-refractivity contribution in [3.63, 3.8) is 0 Å². The number of aromatic amines is 1. The predicted octanol–water partition coefficient (Wildman–Crippen LogP) is 4.70. The van der Waals surface area contributed by atoms with Crippen molar-refractivity contribution in [2.75, 3.05) is 7.11 Å². The minimum atomic E-state index is -0.813. The third kappa shape index (κ3) is 3.23. The Labute approximate surface area is 170 Å². The second-order valence-corrected chi connectivity index (χ2v) is 6.86. The number of aromatic nitrogens is 2. The fraction of sp³-hybridized carbons (Fsp3) is 0.120. The quantitative estimate of drug-likeness (QED) is 0.388. The topological polar surface area (TPSA) is 55.0 Å². The molecule has 1 atom stereocenters. The average Bonchev–Trinajstić information content (AvgIpc) is 3.33. The van der Waals surface area contributed by atoms with E-state index < -0.39 is 11.3 Å². The van der Waals surface area contributed by atoms with Gasteiger partial charge in [-0.1, -0.05) is 91.0 Å². The Morgan fingerprint density at radius 3 is 1.62 bits per heavy atom. The number of imidazole rings is 1. The number of esters is 1. The molecule has 29 heavy (non-hydrogen) atoms. The van der Waals surface area contributed by atoms with Crippen molar-refractivity contribution in [2.24, 2.45) is 0 Å². The first-order valence-electron chi connectivity index (χ1n) is 9.51. The van der Waals surface area contributed by atoms with E-state index in [1.165, 1.54) is 7.11 Å². The standard InChI is InChI=1S/C25H22N2O2/c1-29-24(28)23(22-17-26-18-27-22)25(19-11-5-2-6-12-19,20-13-7-3-8-14-20)21-15-9-4-10-16-21/h2-18,23H,1H3,(H,26,27). The summed E-state index contributed by atoms with van der Waals surface area (Å²) in [6.45, 7) is 0. The largest absolute Gasteiger partial charge is 0.468 e. The maximum absolute atomic E-state index is 13.3. The summed E-state index contributed by atoms with van der Waals surface area (Å²) >= 11 is 0. The van der Waals surface area contributed by atoms with Crippen LogP contribution in [0.3, 0.4) is 0 Å². The highest BCUT2D eigenvalue weighted by Crippen LogP contribution is 2.49. The molecule has 144 valence electrons. The van der Waals surface area contributed by atoms with Crippen LogP contribution in [0.25, 0.3) is 0 Å². The fourth-order valence-electron chi connectivity index (χ4n) is 4.17. The Morgan fingerprint density at radius 1 is 0.828 bits per heavy atom. The van der Waals surface area contributed by atoms with Crippen molar-refractivity contribution in [3.05, 3.63) is 126 Å². The van der Waals surface area contributed by atoms with E-state index in [2.05, 4.69) is 46.4 Å². The van der Waals surface area contributed by atoms with Crippen LogP contribution in [0.5, 0.6) is 0 Å². The summed E-state index contributed by atoms with van der Waals surface area (Å²) in [6.07, 6.45) is 3.36. The third-order valence-corrected chi connectivity index (χ3v) is 5.37. The van der Waals surface area contributed by atoms with Crippen molar-refractivity contribution in [2.45, 2.75) is 11.3 Å². The van der Waals surface area contributed by atoms with E-state index in [0.717, 1.165) is 16.7 Å². The van der Waals surface area contributed by atoms with Crippen LogP contribution in [-0.4, -0.2) is 23.0 Å². The summed E-state index contributed by atoms with van der Waals surface area (Å²) in [5.74, 6) is -1.01. The van der Waals surface area contributed by atoms with Crippen LogP contribution < -0.4 is 0 Å². The van der Waals surface area contributed by atoms with Gasteiger partial charge < -0.3 is 9.72 Å². The Balaban J connectivity index is 2.14. The molecule has 3 aromatic carbocycles. The molecule has 4 rings (SSSR count). The molecule has 0 spiro atoms. The molecular weight excluding hydrogens is 360 g/mol. The van der Waals surface area contributed by atoms with Gasteiger partial charge in [-0.15, -0.1) is 0 Å². The molecular formula is C25H22N2O2. The SMILES string of the molecule is COC(=O)C(c1c[nH]cn1)C(c1ccccc1)(c1ccccc1)c1ccccc1. The highest BCUT2D eigenvalue weighted by atomic mass is 16.5. The van der Waals surface area contributed by atoms with E-state index in [0.29, 0.717) is 5.69 Å². The maximum atomic E-state index is 13.3. The normalized spacial score (nSPS) is 12.3. The van der Waals surface area contributed by atoms with E-state index in [4.69, 9.17) is 4.74 Å². The number of hydrogen-bond donors (Lipinski definition) is 1. The van der Waals surface area contributed by atoms with Crippen LogP contribution in [-0.2, 0) is 14.9 Å². The number of hydrogen-bond acceptors (Lipinski definition) is 3. The number of ether oxygens (including phenoxy) is 1. The number of methoxy groups -OCH3 is 1. The first-order chi connectivity index (χ1) is 14.3. The lowest BCUT2D eigenvalue weighted by Crippen LogP contribution is -2.41. The summed E-state index contributed by atoms with van der Waals surface area (Å²) in [5, 5.41) is 0. The molecule has 0 aliphatic rings. The van der Waals surface area contributed by atoms with Gasteiger partial charge in [0, 0.05) is 6.20 Å². The van der Waals surface area contributed by atoms with E-state index in [1.807, 2.05) is 54.6 Å². The number of nitrogens with one attached hydrogen (secondary N) is 1. The van der Waals surface area contributed by atoms with Crippen LogP contribution in [0.4, 0.5) is 0 Å². The molecule has 0 radical (unpaired) electrons. The van der Waals surface area contributed by atoms with Crippen molar-refractivity contribution in [1.82, 2.24) is 9.97 Å². The van der Waals surface area contributed by atoms with Gasteiger partial charge in [-0.25, -0.2) is 4.98 Å². The van der Waals surface area contributed by atoms with E-state index in [1.54, 1.807) is 12.5 Å². The zero-order valence-corrected chi connectivity index (χ0v) is 16.2. The zero-order valence-electron chi connectivity index (χ0n) is 16.2. The molecule has 1 unspecified atom stereocenters. The van der Waals surface area contributed by atoms with Gasteiger partial charge in [0.25, 0.3) is 0 Å². The Bertz CT molecular complexity index is 949. The van der Waals surface area contributed by atoms with Gasteiger partial charge in [0.05, 0.1) is 24.5 Å². The summed E-state index contributed by atoms with van der Waals surface area (Å²) in [5.41, 5.74) is 2.81. The molecule has 0 aliphatic heterocycles. The average molecular weight is 382 g/mol. The smallest absolute Gasteiger partial charge is 0.316 e. The molecule has 0 fully saturated rings. The number of carbonyl (C=O) groups excluding carboxylic acids is 1. The molecule has 0 saturated carbocycles. The van der Waals surface area contributed by atoms with E-state index >= 15 is 0 Å². The lowest BCUT2D eigenvalue weighted by molar-refractivity contribution is -0.143. The first-order valence-corrected chi connectivity index (χ1v) is 9.51. The lowest BCUT2D eigenvalue weighted by atomic mass is 9.61. The van der Waals surface area contributed by atoms with Crippen LogP contribution in [0, 0.1) is 0 Å². The molecule has 4 aromatic rings. The Kier molecular flexibility index (Phi) is 5.25. The fourth-order valence-corrected chi connectivity index (χ4v) is 4.17. The minimum absolute atomic E-state index is 0.339. The van der Waals surface area contributed by atoms with E-state index in [9.17, 15) is 4.79 Å². The van der Waals surface area contributed by atoms with Crippen LogP contribution in [0.2, 0.25) is 0 Å². The molecule has 4 nitrogen and oxygen atoms in total. The molecule has 1 N–H and O–H groups in total. The van der Waals surface area contributed by atoms with E-state index in [-0.39, 0.29) is 5.97 Å². The van der Waals surface area contributed by atoms with Gasteiger partial charge in [-0.2, -0.15) is 0 Å². The lowest BCUT2D eigenvalue weighted by Gasteiger charge is -2.40. The Morgan fingerprint density at radius 2 is 1.28 bits per heavy atom. The molecule has 0 saturated heterocycles. The highest BCUT2D eigenvalue weighted by Gasteiger charge is 2.49. The van der Waals surface area contributed by atoms with Crippen LogP contribution in [0.1, 0.15) is 28.3 Å². The predicted molar refractivity (Wildman–Crippen MR) is 113 cm³/mol. The molecule has 0 aliphatic carbocycles. The highest BCUT2D eigenvalue weighted by molar-refractivity contribution is 5.83. The number of carbonyl (C=O) groups is 1. The monoisotopic (exact) mass is 382 g/mol. The van der Waals surface area contributed by atoms with Crippen molar-refractivity contribution in [1.29, 1.82) is 0 Å². The van der Waals surface area contributed by atoms with Gasteiger partial charge >= 0.3 is 5.97 Å². The molecule has 0 amide bonds. The van der Waals surface area contributed by atoms with Gasteiger partial charge in [0.15, 0.2) is 0 Å². The van der Waals surface area contributed by atoms with Gasteiger partial charge in [-0.3, -0.25) is 4.79 Å². The number of benzene rings is 3. The minimum Gasteiger partial charge on any atom is -0.468 e. The maximum Gasteiger partial charge on any atom is 0.316 e. The summed E-state index contributed by atoms with van der Waals surface area (Å²) in [6, 6.07) is 30.3. The molecule has 0 bridgehead atoms. The second-order valence-electron chi connectivity index (χ2n) is 6.86. The van der Waals surface area contributed by atoms with Gasteiger partial charge in [0.2, 0.25) is 0 Å². The summed E-state index contributed by atoms with van der Waals surface area (Å²) < 4.78 is 5.31.